The number of hydrogen-bond donors (Lipinski definition) is 2. The summed E-state index contributed by atoms with van der Waals surface area (Å²) >= 11 is 12.0. The van der Waals surface area contributed by atoms with Crippen molar-refractivity contribution < 1.29 is 9.59 Å². The van der Waals surface area contributed by atoms with Crippen molar-refractivity contribution in [3.63, 3.8) is 0 Å². The lowest BCUT2D eigenvalue weighted by atomic mass is 10.1. The molecule has 1 fully saturated rings. The number of benzene rings is 1. The summed E-state index contributed by atoms with van der Waals surface area (Å²) in [6.07, 6.45) is 0.00125. The van der Waals surface area contributed by atoms with Crippen molar-refractivity contribution >= 4 is 46.7 Å². The molecule has 1 aromatic rings. The Morgan fingerprint density at radius 1 is 1.28 bits per heavy atom. The lowest BCUT2D eigenvalue weighted by Gasteiger charge is -2.36. The molecular weight excluding hydrogens is 365 g/mol. The molecule has 0 saturated carbocycles. The molecule has 9 heteroatoms. The van der Waals surface area contributed by atoms with Crippen LogP contribution in [0.1, 0.15) is 6.42 Å². The maximum absolute atomic E-state index is 12.5. The number of hydrogen-bond acceptors (Lipinski definition) is 5. The highest BCUT2D eigenvalue weighted by Crippen LogP contribution is 2.26. The van der Waals surface area contributed by atoms with Gasteiger partial charge in [-0.2, -0.15) is 0 Å². The quantitative estimate of drug-likeness (QED) is 0.809. The van der Waals surface area contributed by atoms with Crippen molar-refractivity contribution in [3.8, 4) is 0 Å². The van der Waals surface area contributed by atoms with Crippen molar-refractivity contribution in [2.24, 2.45) is 4.99 Å². The number of piperazine rings is 1. The molecule has 2 amide bonds. The van der Waals surface area contributed by atoms with E-state index >= 15 is 0 Å². The molecule has 2 aliphatic rings. The fourth-order valence-electron chi connectivity index (χ4n) is 2.72. The van der Waals surface area contributed by atoms with E-state index < -0.39 is 6.04 Å². The Labute approximate surface area is 156 Å². The number of carbonyl (C=O) groups is 2. The topological polar surface area (TPSA) is 77.0 Å². The minimum absolute atomic E-state index is 0.00125. The predicted molar refractivity (Wildman–Crippen MR) is 98.1 cm³/mol. The largest absolute Gasteiger partial charge is 0.340 e. The van der Waals surface area contributed by atoms with Gasteiger partial charge in [-0.05, 0) is 25.2 Å². The van der Waals surface area contributed by atoms with Crippen molar-refractivity contribution in [1.29, 1.82) is 0 Å². The lowest BCUT2D eigenvalue weighted by molar-refractivity contribution is -0.125. The van der Waals surface area contributed by atoms with Crippen LogP contribution in [0.3, 0.4) is 0 Å². The molecule has 134 valence electrons. The van der Waals surface area contributed by atoms with Crippen LogP contribution >= 0.6 is 23.2 Å². The molecule has 1 aromatic carbocycles. The van der Waals surface area contributed by atoms with Gasteiger partial charge in [0.05, 0.1) is 17.1 Å². The molecule has 2 heterocycles. The fourth-order valence-corrected chi connectivity index (χ4v) is 3.05. The zero-order valence-corrected chi connectivity index (χ0v) is 15.3. The van der Waals surface area contributed by atoms with Crippen LogP contribution in [0.5, 0.6) is 0 Å². The standard InChI is InChI=1S/C16H19Cl2N5O2/c1-22-4-6-23(7-5-22)16-20-13(9-14(24)21-16)15(25)19-12-8-10(17)2-3-11(12)18/h2-3,8,13H,4-7,9H2,1H3,(H,19,25)(H,20,21,24)/t13-/m0/s1. The first-order valence-corrected chi connectivity index (χ1v) is 8.75. The number of guanidine groups is 1. The Bertz CT molecular complexity index is 716. The highest BCUT2D eigenvalue weighted by molar-refractivity contribution is 6.35. The van der Waals surface area contributed by atoms with Gasteiger partial charge in [-0.1, -0.05) is 23.2 Å². The van der Waals surface area contributed by atoms with Gasteiger partial charge >= 0.3 is 0 Å². The first kappa shape index (κ1) is 18.0. The molecule has 2 aliphatic heterocycles. The van der Waals surface area contributed by atoms with Gasteiger partial charge in [0.15, 0.2) is 0 Å². The molecule has 0 spiro atoms. The van der Waals surface area contributed by atoms with Crippen LogP contribution in [0.25, 0.3) is 0 Å². The lowest BCUT2D eigenvalue weighted by Crippen LogP contribution is -2.55. The van der Waals surface area contributed by atoms with Crippen molar-refractivity contribution in [2.45, 2.75) is 12.5 Å². The number of carbonyl (C=O) groups excluding carboxylic acids is 2. The van der Waals surface area contributed by atoms with Crippen LogP contribution < -0.4 is 10.6 Å². The highest BCUT2D eigenvalue weighted by atomic mass is 35.5. The molecule has 1 saturated heterocycles. The number of nitrogens with one attached hydrogen (secondary N) is 2. The summed E-state index contributed by atoms with van der Waals surface area (Å²) in [5.74, 6) is -0.145. The van der Waals surface area contributed by atoms with E-state index in [4.69, 9.17) is 23.2 Å². The monoisotopic (exact) mass is 383 g/mol. The Kier molecular flexibility index (Phi) is 5.46. The summed E-state index contributed by atoms with van der Waals surface area (Å²) in [5, 5.41) is 6.30. The number of nitrogens with zero attached hydrogens (tertiary/aromatic N) is 3. The molecule has 0 radical (unpaired) electrons. The van der Waals surface area contributed by atoms with Crippen LogP contribution in [-0.2, 0) is 9.59 Å². The number of rotatable bonds is 2. The van der Waals surface area contributed by atoms with E-state index in [1.54, 1.807) is 18.2 Å². The van der Waals surface area contributed by atoms with Gasteiger partial charge in [-0.15, -0.1) is 0 Å². The third-order valence-corrected chi connectivity index (χ3v) is 4.76. The predicted octanol–water partition coefficient (Wildman–Crippen LogP) is 1.42. The highest BCUT2D eigenvalue weighted by Gasteiger charge is 2.30. The summed E-state index contributed by atoms with van der Waals surface area (Å²) in [6.45, 7) is 3.27. The van der Waals surface area contributed by atoms with Crippen LogP contribution in [0.4, 0.5) is 5.69 Å². The normalized spacial score (nSPS) is 21.6. The molecule has 0 aromatic heterocycles. The summed E-state index contributed by atoms with van der Waals surface area (Å²) in [5.41, 5.74) is 0.404. The summed E-state index contributed by atoms with van der Waals surface area (Å²) < 4.78 is 0. The van der Waals surface area contributed by atoms with Gasteiger partial charge in [-0.25, -0.2) is 4.99 Å². The van der Waals surface area contributed by atoms with E-state index in [0.29, 0.717) is 21.7 Å². The number of anilines is 1. The minimum atomic E-state index is -0.793. The first-order chi connectivity index (χ1) is 11.9. The Hall–Kier alpha value is -1.83. The van der Waals surface area contributed by atoms with Gasteiger partial charge in [0.25, 0.3) is 0 Å². The van der Waals surface area contributed by atoms with E-state index in [1.807, 2.05) is 11.9 Å². The van der Waals surface area contributed by atoms with Crippen molar-refractivity contribution in [2.75, 3.05) is 38.5 Å². The molecule has 25 heavy (non-hydrogen) atoms. The second kappa shape index (κ2) is 7.59. The number of amides is 2. The van der Waals surface area contributed by atoms with Crippen LogP contribution in [0.2, 0.25) is 10.0 Å². The third-order valence-electron chi connectivity index (χ3n) is 4.20. The second-order valence-electron chi connectivity index (χ2n) is 6.12. The summed E-state index contributed by atoms with van der Waals surface area (Å²) in [4.78, 5) is 33.2. The van der Waals surface area contributed by atoms with E-state index in [0.717, 1.165) is 26.2 Å². The van der Waals surface area contributed by atoms with E-state index in [9.17, 15) is 9.59 Å². The van der Waals surface area contributed by atoms with E-state index in [2.05, 4.69) is 20.5 Å². The number of likely N-dealkylation sites (N-methyl/N-ethyl adjacent to an activating group) is 1. The second-order valence-corrected chi connectivity index (χ2v) is 6.97. The molecule has 0 aliphatic carbocycles. The van der Waals surface area contributed by atoms with Crippen LogP contribution in [0.15, 0.2) is 23.2 Å². The van der Waals surface area contributed by atoms with Gasteiger partial charge < -0.3 is 15.1 Å². The zero-order chi connectivity index (χ0) is 18.0. The van der Waals surface area contributed by atoms with Gasteiger partial charge in [0, 0.05) is 31.2 Å². The van der Waals surface area contributed by atoms with Gasteiger partial charge in [0.2, 0.25) is 17.8 Å². The minimum Gasteiger partial charge on any atom is -0.340 e. The molecule has 3 rings (SSSR count). The van der Waals surface area contributed by atoms with Crippen molar-refractivity contribution in [1.82, 2.24) is 15.1 Å². The average Bonchev–Trinajstić information content (AvgIpc) is 2.58. The van der Waals surface area contributed by atoms with Crippen molar-refractivity contribution in [3.05, 3.63) is 28.2 Å². The maximum atomic E-state index is 12.5. The molecule has 0 unspecified atom stereocenters. The van der Waals surface area contributed by atoms with E-state index in [1.165, 1.54) is 0 Å². The SMILES string of the molecule is CN1CCN(C2=N[C@H](C(=O)Nc3cc(Cl)ccc3Cl)CC(=O)N2)CC1. The van der Waals surface area contributed by atoms with Gasteiger partial charge in [0.1, 0.15) is 6.04 Å². The Balaban J connectivity index is 1.73. The molecular formula is C16H19Cl2N5O2. The number of halogens is 2. The van der Waals surface area contributed by atoms with Gasteiger partial charge in [-0.3, -0.25) is 14.9 Å². The molecule has 2 N–H and O–H groups in total. The number of aliphatic imine (C=N–C) groups is 1. The molecule has 7 nitrogen and oxygen atoms in total. The smallest absolute Gasteiger partial charge is 0.249 e. The fraction of sp³-hybridized carbons (Fsp3) is 0.438. The summed E-state index contributed by atoms with van der Waals surface area (Å²) in [7, 11) is 2.05. The molecule has 0 bridgehead atoms. The zero-order valence-electron chi connectivity index (χ0n) is 13.8. The van der Waals surface area contributed by atoms with Crippen LogP contribution in [-0.4, -0.2) is 66.8 Å². The Morgan fingerprint density at radius 3 is 2.72 bits per heavy atom. The van der Waals surface area contributed by atoms with E-state index in [-0.39, 0.29) is 18.2 Å². The molecule has 1 atom stereocenters. The first-order valence-electron chi connectivity index (χ1n) is 7.99. The average molecular weight is 384 g/mol. The summed E-state index contributed by atoms with van der Waals surface area (Å²) in [6, 6.07) is 4.01. The maximum Gasteiger partial charge on any atom is 0.249 e. The van der Waals surface area contributed by atoms with Crippen LogP contribution in [0, 0.1) is 0 Å². The Morgan fingerprint density at radius 2 is 2.00 bits per heavy atom. The third kappa shape index (κ3) is 4.42.